The minimum atomic E-state index is -0.753. The van der Waals surface area contributed by atoms with E-state index in [4.69, 9.17) is 15.6 Å². The van der Waals surface area contributed by atoms with Gasteiger partial charge in [0.2, 0.25) is 0 Å². The van der Waals surface area contributed by atoms with E-state index >= 15 is 0 Å². The Bertz CT molecular complexity index is 393. The van der Waals surface area contributed by atoms with E-state index in [1.54, 1.807) is 0 Å². The summed E-state index contributed by atoms with van der Waals surface area (Å²) in [6, 6.07) is 0. The van der Waals surface area contributed by atoms with E-state index in [0.717, 1.165) is 0 Å². The predicted molar refractivity (Wildman–Crippen MR) is 50.2 cm³/mol. The van der Waals surface area contributed by atoms with Crippen LogP contribution in [-0.2, 0) is 4.74 Å². The number of nitrogens with zero attached hydrogens (tertiary/aromatic N) is 3. The van der Waals surface area contributed by atoms with E-state index in [1.165, 1.54) is 10.9 Å². The molecule has 2 heterocycles. The molecule has 0 aliphatic carbocycles. The first-order valence-electron chi connectivity index (χ1n) is 4.78. The van der Waals surface area contributed by atoms with Crippen molar-refractivity contribution < 1.29 is 19.7 Å². The minimum absolute atomic E-state index is 0.0329. The van der Waals surface area contributed by atoms with Crippen LogP contribution in [0.1, 0.15) is 23.1 Å². The van der Waals surface area contributed by atoms with Gasteiger partial charge in [0.25, 0.3) is 5.91 Å². The fourth-order valence-electron chi connectivity index (χ4n) is 1.57. The normalized spacial score (nSPS) is 29.5. The molecule has 1 fully saturated rings. The Kier molecular flexibility index (Phi) is 2.86. The first kappa shape index (κ1) is 11.0. The zero-order valence-corrected chi connectivity index (χ0v) is 8.35. The molecule has 0 aromatic carbocycles. The van der Waals surface area contributed by atoms with Gasteiger partial charge in [-0.15, -0.1) is 5.10 Å². The van der Waals surface area contributed by atoms with Gasteiger partial charge in [0.05, 0.1) is 18.9 Å². The number of primary amides is 1. The molecule has 88 valence electrons. The van der Waals surface area contributed by atoms with Gasteiger partial charge in [-0.1, -0.05) is 5.21 Å². The summed E-state index contributed by atoms with van der Waals surface area (Å²) in [5.41, 5.74) is 5.05. The molecular formula is C8H12N4O4. The Balaban J connectivity index is 2.11. The molecule has 0 radical (unpaired) electrons. The first-order valence-corrected chi connectivity index (χ1v) is 4.78. The lowest BCUT2D eigenvalue weighted by Crippen LogP contribution is -2.24. The second kappa shape index (κ2) is 4.16. The average molecular weight is 228 g/mol. The fraction of sp³-hybridized carbons (Fsp3) is 0.625. The van der Waals surface area contributed by atoms with Crippen molar-refractivity contribution in [2.24, 2.45) is 5.73 Å². The van der Waals surface area contributed by atoms with Gasteiger partial charge in [-0.25, -0.2) is 4.68 Å². The number of amides is 1. The summed E-state index contributed by atoms with van der Waals surface area (Å²) >= 11 is 0. The van der Waals surface area contributed by atoms with Crippen LogP contribution in [-0.4, -0.2) is 49.9 Å². The summed E-state index contributed by atoms with van der Waals surface area (Å²) in [6.07, 6.45) is -0.290. The molecule has 16 heavy (non-hydrogen) atoms. The third-order valence-electron chi connectivity index (χ3n) is 2.44. The molecule has 1 aliphatic rings. The summed E-state index contributed by atoms with van der Waals surface area (Å²) in [6.45, 7) is -0.269. The minimum Gasteiger partial charge on any atom is -0.394 e. The maximum atomic E-state index is 10.8. The topological polar surface area (TPSA) is 123 Å². The number of ether oxygens (including phenoxy) is 1. The Morgan fingerprint density at radius 2 is 2.50 bits per heavy atom. The van der Waals surface area contributed by atoms with Crippen LogP contribution in [0.3, 0.4) is 0 Å². The lowest BCUT2D eigenvalue weighted by atomic mass is 10.2. The number of nitrogens with two attached hydrogens (primary N) is 1. The third-order valence-corrected chi connectivity index (χ3v) is 2.44. The van der Waals surface area contributed by atoms with Crippen LogP contribution in [0.15, 0.2) is 6.20 Å². The van der Waals surface area contributed by atoms with Gasteiger partial charge in [0.1, 0.15) is 6.10 Å². The van der Waals surface area contributed by atoms with Crippen LogP contribution < -0.4 is 5.73 Å². The molecule has 0 unspecified atom stereocenters. The Labute approximate surface area is 90.6 Å². The highest BCUT2D eigenvalue weighted by Crippen LogP contribution is 2.27. The number of aliphatic hydroxyl groups is 2. The number of hydrogen-bond donors (Lipinski definition) is 3. The summed E-state index contributed by atoms with van der Waals surface area (Å²) in [7, 11) is 0. The Hall–Kier alpha value is -1.51. The number of rotatable bonds is 3. The van der Waals surface area contributed by atoms with Crippen molar-refractivity contribution in [3.8, 4) is 0 Å². The summed E-state index contributed by atoms with van der Waals surface area (Å²) in [5, 5.41) is 25.6. The molecule has 1 aromatic heterocycles. The van der Waals surface area contributed by atoms with E-state index in [1.807, 2.05) is 0 Å². The molecular weight excluding hydrogens is 216 g/mol. The van der Waals surface area contributed by atoms with Gasteiger partial charge in [-0.2, -0.15) is 0 Å². The highest BCUT2D eigenvalue weighted by Gasteiger charge is 2.35. The third kappa shape index (κ3) is 1.90. The van der Waals surface area contributed by atoms with Crippen molar-refractivity contribution in [3.63, 3.8) is 0 Å². The zero-order valence-electron chi connectivity index (χ0n) is 8.35. The molecule has 2 rings (SSSR count). The van der Waals surface area contributed by atoms with Crippen LogP contribution in [0.4, 0.5) is 0 Å². The van der Waals surface area contributed by atoms with Crippen LogP contribution in [0.2, 0.25) is 0 Å². The predicted octanol–water partition coefficient (Wildman–Crippen LogP) is -1.98. The maximum Gasteiger partial charge on any atom is 0.270 e. The van der Waals surface area contributed by atoms with E-state index in [-0.39, 0.29) is 18.7 Å². The van der Waals surface area contributed by atoms with Gasteiger partial charge in [0, 0.05) is 6.42 Å². The SMILES string of the molecule is NC(=O)c1cn([C@@H]2C[C@H](O)[C@@H](CO)O2)nn1. The average Bonchev–Trinajstić information content (AvgIpc) is 2.83. The molecule has 0 spiro atoms. The summed E-state index contributed by atoms with van der Waals surface area (Å²) in [4.78, 5) is 10.8. The van der Waals surface area contributed by atoms with Crippen LogP contribution in [0, 0.1) is 0 Å². The van der Waals surface area contributed by atoms with Crippen LogP contribution in [0.25, 0.3) is 0 Å². The summed E-state index contributed by atoms with van der Waals surface area (Å²) < 4.78 is 6.61. The number of aromatic nitrogens is 3. The van der Waals surface area contributed by atoms with E-state index < -0.39 is 24.3 Å². The van der Waals surface area contributed by atoms with Crippen molar-refractivity contribution in [1.82, 2.24) is 15.0 Å². The lowest BCUT2D eigenvalue weighted by molar-refractivity contribution is -0.0489. The number of carbonyl (C=O) groups excluding carboxylic acids is 1. The summed E-state index contributed by atoms with van der Waals surface area (Å²) in [5.74, 6) is -0.677. The van der Waals surface area contributed by atoms with Crippen molar-refractivity contribution in [3.05, 3.63) is 11.9 Å². The molecule has 1 aromatic rings. The second-order valence-corrected chi connectivity index (χ2v) is 3.56. The molecule has 0 bridgehead atoms. The fourth-order valence-corrected chi connectivity index (χ4v) is 1.57. The second-order valence-electron chi connectivity index (χ2n) is 3.56. The number of carbonyl (C=O) groups is 1. The molecule has 8 nitrogen and oxygen atoms in total. The zero-order chi connectivity index (χ0) is 11.7. The highest BCUT2D eigenvalue weighted by molar-refractivity contribution is 5.90. The van der Waals surface area contributed by atoms with Gasteiger partial charge >= 0.3 is 0 Å². The smallest absolute Gasteiger partial charge is 0.270 e. The molecule has 1 amide bonds. The van der Waals surface area contributed by atoms with E-state index in [9.17, 15) is 9.90 Å². The molecule has 1 saturated heterocycles. The number of hydrogen-bond acceptors (Lipinski definition) is 6. The maximum absolute atomic E-state index is 10.8. The van der Waals surface area contributed by atoms with Crippen molar-refractivity contribution in [2.45, 2.75) is 24.9 Å². The quantitative estimate of drug-likeness (QED) is 0.550. The van der Waals surface area contributed by atoms with E-state index in [2.05, 4.69) is 10.3 Å². The molecule has 3 atom stereocenters. The number of aliphatic hydroxyl groups excluding tert-OH is 2. The van der Waals surface area contributed by atoms with Crippen LogP contribution in [0.5, 0.6) is 0 Å². The van der Waals surface area contributed by atoms with Gasteiger partial charge < -0.3 is 20.7 Å². The molecule has 4 N–H and O–H groups in total. The monoisotopic (exact) mass is 228 g/mol. The molecule has 8 heteroatoms. The molecule has 0 saturated carbocycles. The van der Waals surface area contributed by atoms with Crippen molar-refractivity contribution in [1.29, 1.82) is 0 Å². The molecule has 1 aliphatic heterocycles. The highest BCUT2D eigenvalue weighted by atomic mass is 16.5. The van der Waals surface area contributed by atoms with E-state index in [0.29, 0.717) is 0 Å². The first-order chi connectivity index (χ1) is 7.61. The lowest BCUT2D eigenvalue weighted by Gasteiger charge is -2.11. The van der Waals surface area contributed by atoms with Crippen molar-refractivity contribution in [2.75, 3.05) is 6.61 Å². The van der Waals surface area contributed by atoms with Gasteiger partial charge in [-0.3, -0.25) is 4.79 Å². The van der Waals surface area contributed by atoms with Crippen molar-refractivity contribution >= 4 is 5.91 Å². The standard InChI is InChI=1S/C8H12N4O4/c9-8(15)4-2-12(11-10-4)7-1-5(14)6(3-13)16-7/h2,5-7,13-14H,1,3H2,(H2,9,15)/t5-,6+,7-/m0/s1. The van der Waals surface area contributed by atoms with Crippen LogP contribution >= 0.6 is 0 Å². The Morgan fingerprint density at radius 1 is 1.75 bits per heavy atom. The largest absolute Gasteiger partial charge is 0.394 e. The van der Waals surface area contributed by atoms with Gasteiger partial charge in [-0.05, 0) is 0 Å². The Morgan fingerprint density at radius 3 is 3.00 bits per heavy atom. The van der Waals surface area contributed by atoms with Gasteiger partial charge in [0.15, 0.2) is 11.9 Å².